The van der Waals surface area contributed by atoms with E-state index in [-0.39, 0.29) is 0 Å². The second kappa shape index (κ2) is 6.24. The minimum atomic E-state index is 0.427. The molecule has 120 valence electrons. The standard InChI is InChI=1S/C19H18N4S/c1-13(2)24-19-20-18-17(21-22-19)15-10-6-7-11-16(15)23(18)12-14-8-4-3-5-9-14/h3-11,13H,12H2,1-2H3. The van der Waals surface area contributed by atoms with E-state index in [0.29, 0.717) is 5.25 Å². The molecule has 4 aromatic rings. The number of hydrogen-bond acceptors (Lipinski definition) is 4. The molecule has 4 nitrogen and oxygen atoms in total. The topological polar surface area (TPSA) is 43.6 Å². The predicted octanol–water partition coefficient (Wildman–Crippen LogP) is 4.53. The molecule has 0 saturated carbocycles. The number of rotatable bonds is 4. The lowest BCUT2D eigenvalue weighted by atomic mass is 10.2. The van der Waals surface area contributed by atoms with Crippen LogP contribution in [-0.2, 0) is 6.54 Å². The summed E-state index contributed by atoms with van der Waals surface area (Å²) >= 11 is 1.64. The molecule has 0 aliphatic rings. The number of thioether (sulfide) groups is 1. The zero-order valence-corrected chi connectivity index (χ0v) is 14.5. The van der Waals surface area contributed by atoms with Gasteiger partial charge in [0.15, 0.2) is 5.65 Å². The van der Waals surface area contributed by atoms with Gasteiger partial charge in [-0.2, -0.15) is 0 Å². The monoisotopic (exact) mass is 334 g/mol. The number of aromatic nitrogens is 4. The molecule has 2 aromatic carbocycles. The molecule has 2 aromatic heterocycles. The van der Waals surface area contributed by atoms with Crippen LogP contribution in [0.15, 0.2) is 59.8 Å². The van der Waals surface area contributed by atoms with E-state index in [4.69, 9.17) is 4.98 Å². The summed E-state index contributed by atoms with van der Waals surface area (Å²) in [6.45, 7) is 5.05. The van der Waals surface area contributed by atoms with Gasteiger partial charge in [-0.3, -0.25) is 0 Å². The molecule has 4 rings (SSSR count). The molecule has 24 heavy (non-hydrogen) atoms. The molecular weight excluding hydrogens is 316 g/mol. The Kier molecular flexibility index (Phi) is 3.94. The zero-order chi connectivity index (χ0) is 16.5. The first kappa shape index (κ1) is 15.1. The van der Waals surface area contributed by atoms with Crippen LogP contribution >= 0.6 is 11.8 Å². The Hall–Kier alpha value is -2.40. The highest BCUT2D eigenvalue weighted by Crippen LogP contribution is 2.28. The van der Waals surface area contributed by atoms with Gasteiger partial charge >= 0.3 is 0 Å². The average Bonchev–Trinajstić information content (AvgIpc) is 2.89. The lowest BCUT2D eigenvalue weighted by molar-refractivity contribution is 0.812. The minimum absolute atomic E-state index is 0.427. The molecule has 0 unspecified atom stereocenters. The second-order valence-electron chi connectivity index (χ2n) is 6.02. The highest BCUT2D eigenvalue weighted by Gasteiger charge is 2.15. The number of nitrogens with zero attached hydrogens (tertiary/aromatic N) is 4. The summed E-state index contributed by atoms with van der Waals surface area (Å²) in [7, 11) is 0. The van der Waals surface area contributed by atoms with Crippen LogP contribution in [0.2, 0.25) is 0 Å². The summed E-state index contributed by atoms with van der Waals surface area (Å²) in [5.74, 6) is 0. The van der Waals surface area contributed by atoms with Gasteiger partial charge in [0.05, 0.1) is 5.52 Å². The molecule has 0 spiro atoms. The molecule has 0 fully saturated rings. The molecule has 5 heteroatoms. The van der Waals surface area contributed by atoms with E-state index in [1.54, 1.807) is 11.8 Å². The highest BCUT2D eigenvalue weighted by atomic mass is 32.2. The summed E-state index contributed by atoms with van der Waals surface area (Å²) < 4.78 is 2.24. The quantitative estimate of drug-likeness (QED) is 0.514. The number of benzene rings is 2. The largest absolute Gasteiger partial charge is 0.319 e. The van der Waals surface area contributed by atoms with Crippen molar-refractivity contribution >= 4 is 33.8 Å². The van der Waals surface area contributed by atoms with Crippen molar-refractivity contribution < 1.29 is 0 Å². The summed E-state index contributed by atoms with van der Waals surface area (Å²) in [5.41, 5.74) is 4.16. The Morgan fingerprint density at radius 1 is 0.958 bits per heavy atom. The first-order valence-corrected chi connectivity index (χ1v) is 8.92. The Balaban J connectivity index is 1.93. The molecule has 2 heterocycles. The van der Waals surface area contributed by atoms with E-state index >= 15 is 0 Å². The van der Waals surface area contributed by atoms with Crippen LogP contribution in [0.4, 0.5) is 0 Å². The van der Waals surface area contributed by atoms with E-state index in [9.17, 15) is 0 Å². The molecule has 0 atom stereocenters. The van der Waals surface area contributed by atoms with Gasteiger partial charge in [-0.25, -0.2) is 4.98 Å². The first-order valence-electron chi connectivity index (χ1n) is 8.04. The van der Waals surface area contributed by atoms with E-state index in [2.05, 4.69) is 71.1 Å². The van der Waals surface area contributed by atoms with Gasteiger partial charge < -0.3 is 4.57 Å². The fraction of sp³-hybridized carbons (Fsp3) is 0.211. The molecule has 0 aliphatic heterocycles. The van der Waals surface area contributed by atoms with Gasteiger partial charge in [0.25, 0.3) is 0 Å². The average molecular weight is 334 g/mol. The van der Waals surface area contributed by atoms with E-state index in [1.165, 1.54) is 5.56 Å². The van der Waals surface area contributed by atoms with Crippen LogP contribution in [0, 0.1) is 0 Å². The predicted molar refractivity (Wildman–Crippen MR) is 99.4 cm³/mol. The molecule has 0 radical (unpaired) electrons. The molecule has 0 aliphatic carbocycles. The second-order valence-corrected chi connectivity index (χ2v) is 7.57. The van der Waals surface area contributed by atoms with Crippen molar-refractivity contribution in [2.75, 3.05) is 0 Å². The van der Waals surface area contributed by atoms with Gasteiger partial charge in [0.2, 0.25) is 5.16 Å². The summed E-state index contributed by atoms with van der Waals surface area (Å²) in [4.78, 5) is 4.80. The molecule has 0 saturated heterocycles. The SMILES string of the molecule is CC(C)Sc1nnc2c3ccccc3n(Cc3ccccc3)c2n1. The van der Waals surface area contributed by atoms with Crippen molar-refractivity contribution in [1.82, 2.24) is 19.7 Å². The lowest BCUT2D eigenvalue weighted by Gasteiger charge is -2.07. The maximum Gasteiger partial charge on any atom is 0.211 e. The number of para-hydroxylation sites is 1. The Morgan fingerprint density at radius 3 is 2.50 bits per heavy atom. The van der Waals surface area contributed by atoms with Crippen molar-refractivity contribution in [1.29, 1.82) is 0 Å². The van der Waals surface area contributed by atoms with Crippen LogP contribution in [0.5, 0.6) is 0 Å². The van der Waals surface area contributed by atoms with E-state index in [1.807, 2.05) is 12.1 Å². The van der Waals surface area contributed by atoms with Crippen molar-refractivity contribution in [2.24, 2.45) is 0 Å². The Morgan fingerprint density at radius 2 is 1.71 bits per heavy atom. The third kappa shape index (κ3) is 2.76. The van der Waals surface area contributed by atoms with Crippen molar-refractivity contribution in [3.8, 4) is 0 Å². The minimum Gasteiger partial charge on any atom is -0.319 e. The van der Waals surface area contributed by atoms with Crippen LogP contribution < -0.4 is 0 Å². The summed E-state index contributed by atoms with van der Waals surface area (Å²) in [6, 6.07) is 18.7. The Bertz CT molecular complexity index is 992. The normalized spacial score (nSPS) is 11.6. The smallest absolute Gasteiger partial charge is 0.211 e. The molecule has 0 bridgehead atoms. The third-order valence-corrected chi connectivity index (χ3v) is 4.73. The maximum atomic E-state index is 4.80. The van der Waals surface area contributed by atoms with Crippen molar-refractivity contribution in [2.45, 2.75) is 30.8 Å². The summed E-state index contributed by atoms with van der Waals surface area (Å²) in [5, 5.41) is 11.0. The van der Waals surface area contributed by atoms with Gasteiger partial charge in [-0.05, 0) is 11.6 Å². The van der Waals surface area contributed by atoms with Crippen molar-refractivity contribution in [3.05, 3.63) is 60.2 Å². The van der Waals surface area contributed by atoms with Crippen LogP contribution in [0.3, 0.4) is 0 Å². The van der Waals surface area contributed by atoms with Gasteiger partial charge in [-0.15, -0.1) is 10.2 Å². The molecule has 0 N–H and O–H groups in total. The summed E-state index contributed by atoms with van der Waals surface area (Å²) in [6.07, 6.45) is 0. The fourth-order valence-electron chi connectivity index (χ4n) is 2.88. The van der Waals surface area contributed by atoms with Gasteiger partial charge in [-0.1, -0.05) is 74.1 Å². The third-order valence-electron chi connectivity index (χ3n) is 3.88. The van der Waals surface area contributed by atoms with Crippen LogP contribution in [0.1, 0.15) is 19.4 Å². The highest BCUT2D eigenvalue weighted by molar-refractivity contribution is 7.99. The number of fused-ring (bicyclic) bond motifs is 3. The molecular formula is C19H18N4S. The van der Waals surface area contributed by atoms with Gasteiger partial charge in [0.1, 0.15) is 5.52 Å². The van der Waals surface area contributed by atoms with Gasteiger partial charge in [0, 0.05) is 17.2 Å². The van der Waals surface area contributed by atoms with E-state index in [0.717, 1.165) is 33.8 Å². The first-order chi connectivity index (χ1) is 11.7. The zero-order valence-electron chi connectivity index (χ0n) is 13.7. The molecule has 0 amide bonds. The lowest BCUT2D eigenvalue weighted by Crippen LogP contribution is -2.03. The number of hydrogen-bond donors (Lipinski definition) is 0. The van der Waals surface area contributed by atoms with Crippen molar-refractivity contribution in [3.63, 3.8) is 0 Å². The van der Waals surface area contributed by atoms with E-state index < -0.39 is 0 Å². The van der Waals surface area contributed by atoms with Crippen LogP contribution in [-0.4, -0.2) is 25.0 Å². The van der Waals surface area contributed by atoms with Crippen LogP contribution in [0.25, 0.3) is 22.1 Å². The Labute approximate surface area is 144 Å². The fourth-order valence-corrected chi connectivity index (χ4v) is 3.52. The maximum absolute atomic E-state index is 4.80.